The van der Waals surface area contributed by atoms with Crippen LogP contribution in [0.4, 0.5) is 0 Å². The second-order valence-corrected chi connectivity index (χ2v) is 1.53. The van der Waals surface area contributed by atoms with E-state index in [9.17, 15) is 4.79 Å². The van der Waals surface area contributed by atoms with E-state index in [1.54, 1.807) is 0 Å². The third-order valence-electron chi connectivity index (χ3n) is 0.799. The van der Waals surface area contributed by atoms with Crippen molar-refractivity contribution in [2.24, 2.45) is 0 Å². The molecule has 0 aliphatic carbocycles. The third-order valence-corrected chi connectivity index (χ3v) is 0.799. The maximum Gasteiger partial charge on any atom is 0.327 e. The molecule has 0 amide bonds. The van der Waals surface area contributed by atoms with Gasteiger partial charge >= 0.3 is 5.97 Å². The Labute approximate surface area is 86.9 Å². The van der Waals surface area contributed by atoms with E-state index < -0.39 is 0 Å². The van der Waals surface area contributed by atoms with Crippen molar-refractivity contribution in [2.75, 3.05) is 6.61 Å². The summed E-state index contributed by atoms with van der Waals surface area (Å²) in [7, 11) is 0. The largest absolute Gasteiger partial charge is 0.495 e. The number of carbonyl (C=O) groups is 1. The van der Waals surface area contributed by atoms with Crippen LogP contribution in [0.2, 0.25) is 0 Å². The molecule has 0 aromatic heterocycles. The minimum Gasteiger partial charge on any atom is -0.495 e. The first-order chi connectivity index (χ1) is 4.31. The van der Waals surface area contributed by atoms with Crippen molar-refractivity contribution in [1.82, 2.24) is 0 Å². The first-order valence-electron chi connectivity index (χ1n) is 2.92. The molecule has 0 bridgehead atoms. The zero-order valence-electron chi connectivity index (χ0n) is 6.17. The average Bonchev–Trinajstić information content (AvgIpc) is 1.89. The van der Waals surface area contributed by atoms with Gasteiger partial charge in [-0.25, -0.2) is 4.79 Å². The Balaban J connectivity index is 0. The van der Waals surface area contributed by atoms with Crippen LogP contribution in [0.1, 0.15) is 13.3 Å². The quantitative estimate of drug-likeness (QED) is 0.306. The Morgan fingerprint density at radius 3 is 2.80 bits per heavy atom. The first kappa shape index (κ1) is 12.9. The van der Waals surface area contributed by atoms with E-state index in [4.69, 9.17) is 0 Å². The van der Waals surface area contributed by atoms with Crippen molar-refractivity contribution in [3.05, 3.63) is 19.1 Å². The van der Waals surface area contributed by atoms with Crippen LogP contribution in [0, 0.1) is 6.42 Å². The fourth-order valence-electron chi connectivity index (χ4n) is 0.318. The zero-order chi connectivity index (χ0) is 7.11. The molecule has 0 aromatic rings. The van der Waals surface area contributed by atoms with E-state index in [-0.39, 0.29) is 38.7 Å². The molecule has 0 atom stereocenters. The van der Waals surface area contributed by atoms with E-state index in [2.05, 4.69) is 11.3 Å². The van der Waals surface area contributed by atoms with Gasteiger partial charge in [0, 0.05) is 38.8 Å². The van der Waals surface area contributed by atoms with Gasteiger partial charge in [0.25, 0.3) is 0 Å². The normalized spacial score (nSPS) is 7.70. The van der Waals surface area contributed by atoms with Crippen molar-refractivity contribution in [1.29, 1.82) is 0 Å². The van der Waals surface area contributed by atoms with Crippen LogP contribution in [-0.2, 0) is 42.2 Å². The van der Waals surface area contributed by atoms with Gasteiger partial charge in [-0.05, 0) is 6.61 Å². The van der Waals surface area contributed by atoms with Crippen LogP contribution in [-0.4, -0.2) is 12.6 Å². The molecule has 0 saturated heterocycles. The zero-order valence-corrected chi connectivity index (χ0v) is 9.01. The average molecular weight is 216 g/mol. The van der Waals surface area contributed by atoms with E-state index in [0.717, 1.165) is 12.5 Å². The van der Waals surface area contributed by atoms with Crippen LogP contribution in [0.15, 0.2) is 12.7 Å². The molecule has 0 aliphatic rings. The van der Waals surface area contributed by atoms with Crippen LogP contribution in [0.5, 0.6) is 0 Å². The summed E-state index contributed by atoms with van der Waals surface area (Å²) >= 11 is 0. The summed E-state index contributed by atoms with van der Waals surface area (Å²) in [4.78, 5) is 10.3. The molecular formula is C7H11O2Y-. The van der Waals surface area contributed by atoms with Gasteiger partial charge in [0.1, 0.15) is 0 Å². The summed E-state index contributed by atoms with van der Waals surface area (Å²) in [6.45, 7) is 5.63. The van der Waals surface area contributed by atoms with Crippen LogP contribution in [0.25, 0.3) is 0 Å². The van der Waals surface area contributed by atoms with Gasteiger partial charge in [-0.3, -0.25) is 6.42 Å². The van der Waals surface area contributed by atoms with Crippen molar-refractivity contribution >= 4 is 5.97 Å². The summed E-state index contributed by atoms with van der Waals surface area (Å²) in [5.74, 6) is -0.361. The molecule has 3 heteroatoms. The number of carbonyl (C=O) groups excluding carboxylic acids is 1. The third kappa shape index (κ3) is 8.31. The molecule has 2 nitrogen and oxygen atoms in total. The summed E-state index contributed by atoms with van der Waals surface area (Å²) in [5.41, 5.74) is 0. The molecule has 55 valence electrons. The standard InChI is InChI=1S/C7H11O2.Y/c1-3-5-6-9-7(8)4-2;/h4-5H,2-3,6H2,1H3;/q-1;. The minimum absolute atomic E-state index is 0. The molecule has 0 aliphatic heterocycles. The summed E-state index contributed by atoms with van der Waals surface area (Å²) in [5, 5.41) is 0. The van der Waals surface area contributed by atoms with E-state index in [1.807, 2.05) is 13.3 Å². The van der Waals surface area contributed by atoms with Crippen molar-refractivity contribution in [2.45, 2.75) is 13.3 Å². The number of hydrogen-bond acceptors (Lipinski definition) is 2. The number of unbranched alkanes of at least 4 members (excludes halogenated alkanes) is 1. The molecule has 0 spiro atoms. The molecule has 0 aromatic carbocycles. The number of esters is 1. The monoisotopic (exact) mass is 216 g/mol. The molecule has 0 unspecified atom stereocenters. The number of rotatable bonds is 4. The topological polar surface area (TPSA) is 26.3 Å². The van der Waals surface area contributed by atoms with Crippen molar-refractivity contribution < 1.29 is 42.2 Å². The van der Waals surface area contributed by atoms with Crippen LogP contribution in [0.3, 0.4) is 0 Å². The van der Waals surface area contributed by atoms with Gasteiger partial charge in [-0.2, -0.15) is 6.42 Å². The van der Waals surface area contributed by atoms with Crippen LogP contribution >= 0.6 is 0 Å². The number of ether oxygens (including phenoxy) is 1. The molecule has 0 saturated carbocycles. The molecule has 10 heavy (non-hydrogen) atoms. The van der Waals surface area contributed by atoms with E-state index >= 15 is 0 Å². The smallest absolute Gasteiger partial charge is 0.327 e. The predicted molar refractivity (Wildman–Crippen MR) is 35.7 cm³/mol. The Bertz CT molecular complexity index is 102. The molecule has 0 N–H and O–H groups in total. The summed E-state index contributed by atoms with van der Waals surface area (Å²) in [6.07, 6.45) is 3.95. The second-order valence-electron chi connectivity index (χ2n) is 1.53. The van der Waals surface area contributed by atoms with Crippen LogP contribution < -0.4 is 0 Å². The Kier molecular flexibility index (Phi) is 12.1. The maximum atomic E-state index is 10.3. The maximum absolute atomic E-state index is 10.3. The Morgan fingerprint density at radius 1 is 1.80 bits per heavy atom. The first-order valence-corrected chi connectivity index (χ1v) is 2.92. The summed E-state index contributed by atoms with van der Waals surface area (Å²) in [6, 6.07) is 0. The molecule has 1 radical (unpaired) electrons. The van der Waals surface area contributed by atoms with Crippen molar-refractivity contribution in [3.8, 4) is 0 Å². The van der Waals surface area contributed by atoms with Gasteiger partial charge in [-0.15, -0.1) is 0 Å². The second kappa shape index (κ2) is 9.31. The predicted octanol–water partition coefficient (Wildman–Crippen LogP) is 1.33. The van der Waals surface area contributed by atoms with E-state index in [1.165, 1.54) is 0 Å². The summed E-state index contributed by atoms with van der Waals surface area (Å²) < 4.78 is 4.62. The van der Waals surface area contributed by atoms with Gasteiger partial charge in [0.2, 0.25) is 0 Å². The molecule has 0 rings (SSSR count). The number of hydrogen-bond donors (Lipinski definition) is 0. The fraction of sp³-hybridized carbons (Fsp3) is 0.429. The molecular weight excluding hydrogens is 205 g/mol. The van der Waals surface area contributed by atoms with Crippen molar-refractivity contribution in [3.63, 3.8) is 0 Å². The van der Waals surface area contributed by atoms with Gasteiger partial charge in [0.15, 0.2) is 0 Å². The van der Waals surface area contributed by atoms with Gasteiger partial charge in [-0.1, -0.05) is 13.5 Å². The minimum atomic E-state index is -0.361. The SMILES string of the molecule is C=CC(=O)OC[CH-]CC.[Y]. The molecule has 0 heterocycles. The Morgan fingerprint density at radius 2 is 2.40 bits per heavy atom. The van der Waals surface area contributed by atoms with E-state index in [0.29, 0.717) is 6.61 Å². The molecule has 0 fully saturated rings. The van der Waals surface area contributed by atoms with Gasteiger partial charge in [0.05, 0.1) is 0 Å². The van der Waals surface area contributed by atoms with Gasteiger partial charge < -0.3 is 4.74 Å². The Hall–Kier alpha value is 0.314. The fourth-order valence-corrected chi connectivity index (χ4v) is 0.318.